The van der Waals surface area contributed by atoms with Crippen LogP contribution in [0.15, 0.2) is 0 Å². The van der Waals surface area contributed by atoms with Crippen LogP contribution in [-0.4, -0.2) is 30.0 Å². The van der Waals surface area contributed by atoms with Gasteiger partial charge < -0.3 is 20.2 Å². The molecule has 0 amide bonds. The predicted octanol–water partition coefficient (Wildman–Crippen LogP) is -3.28. The van der Waals surface area contributed by atoms with Gasteiger partial charge >= 0.3 is 38.6 Å². The first kappa shape index (κ1) is 14.6. The van der Waals surface area contributed by atoms with Gasteiger partial charge in [-0.15, -0.1) is 0 Å². The Morgan fingerprint density at radius 3 is 2.18 bits per heavy atom. The molecule has 0 atom stereocenters. The van der Waals surface area contributed by atoms with E-state index in [1.807, 2.05) is 6.92 Å². The van der Waals surface area contributed by atoms with Crippen LogP contribution < -0.4 is 29.6 Å². The van der Waals surface area contributed by atoms with Crippen LogP contribution >= 0.6 is 0 Å². The zero-order valence-electron chi connectivity index (χ0n) is 8.08. The van der Waals surface area contributed by atoms with Gasteiger partial charge in [-0.3, -0.25) is 0 Å². The molecule has 0 bridgehead atoms. The summed E-state index contributed by atoms with van der Waals surface area (Å²) in [4.78, 5) is 25.0. The molecule has 0 aromatic heterocycles. The largest absolute Gasteiger partial charge is 1.00 e. The molecule has 64 valence electrons. The van der Waals surface area contributed by atoms with Crippen molar-refractivity contribution in [1.29, 1.82) is 0 Å². The van der Waals surface area contributed by atoms with E-state index in [4.69, 9.17) is 14.4 Å². The fourth-order valence-electron chi connectivity index (χ4n) is 0.561. The first-order chi connectivity index (χ1) is 4.56. The van der Waals surface area contributed by atoms with Crippen molar-refractivity contribution in [2.45, 2.75) is 26.2 Å². The third-order valence-electron chi connectivity index (χ3n) is 1.04. The van der Waals surface area contributed by atoms with Crippen molar-refractivity contribution in [3.63, 3.8) is 0 Å². The van der Waals surface area contributed by atoms with Gasteiger partial charge in [-0.25, -0.2) is 0 Å². The van der Waals surface area contributed by atoms with E-state index < -0.39 is 9.05 Å². The first-order valence-corrected chi connectivity index (χ1v) is 5.12. The summed E-state index contributed by atoms with van der Waals surface area (Å²) in [5, 5.41) is 0. The second kappa shape index (κ2) is 7.69. The maximum Gasteiger partial charge on any atom is 1.00 e. The zero-order chi connectivity index (χ0) is 8.04. The predicted molar refractivity (Wildman–Crippen MR) is 39.0 cm³/mol. The summed E-state index contributed by atoms with van der Waals surface area (Å²) in [5.41, 5.74) is 0. The second-order valence-corrected chi connectivity index (χ2v) is 3.57. The molecule has 0 aliphatic heterocycles. The monoisotopic (exact) mass is 190 g/mol. The SMILES string of the molecule is CCCCCO[Si](O)(O)O.[H-].[Na+]. The molecule has 0 radical (unpaired) electrons. The maximum absolute atomic E-state index is 8.34. The molecule has 0 heterocycles. The number of rotatable bonds is 5. The smallest absolute Gasteiger partial charge is 1.00 e. The van der Waals surface area contributed by atoms with E-state index in [0.717, 1.165) is 19.3 Å². The summed E-state index contributed by atoms with van der Waals surface area (Å²) in [7, 11) is -4.21. The molecule has 6 heteroatoms. The zero-order valence-corrected chi connectivity index (χ0v) is 10.1. The Bertz CT molecular complexity index is 90.0. The van der Waals surface area contributed by atoms with Gasteiger partial charge in [0.25, 0.3) is 0 Å². The molecule has 4 nitrogen and oxygen atoms in total. The Balaban J connectivity index is -0.000000405. The average molecular weight is 190 g/mol. The molecule has 0 rings (SSSR count). The van der Waals surface area contributed by atoms with Gasteiger partial charge in [0.05, 0.1) is 0 Å². The molecule has 0 aliphatic rings. The van der Waals surface area contributed by atoms with Gasteiger partial charge in [-0.2, -0.15) is 0 Å². The molecular formula is C5H15NaO4Si. The Morgan fingerprint density at radius 1 is 1.27 bits per heavy atom. The van der Waals surface area contributed by atoms with Crippen molar-refractivity contribution in [1.82, 2.24) is 0 Å². The van der Waals surface area contributed by atoms with Crippen molar-refractivity contribution in [3.8, 4) is 0 Å². The summed E-state index contributed by atoms with van der Waals surface area (Å²) in [6.07, 6.45) is 2.78. The van der Waals surface area contributed by atoms with Crippen LogP contribution in [0.4, 0.5) is 0 Å². The molecule has 0 saturated carbocycles. The van der Waals surface area contributed by atoms with E-state index in [1.165, 1.54) is 0 Å². The average Bonchev–Trinajstić information content (AvgIpc) is 1.78. The second-order valence-electron chi connectivity index (χ2n) is 2.13. The molecule has 0 saturated heterocycles. The molecule has 0 fully saturated rings. The third-order valence-corrected chi connectivity index (χ3v) is 1.64. The molecule has 0 aromatic rings. The molecule has 11 heavy (non-hydrogen) atoms. The normalized spacial score (nSPS) is 10.9. The minimum atomic E-state index is -4.21. The van der Waals surface area contributed by atoms with Crippen molar-refractivity contribution in [2.75, 3.05) is 6.61 Å². The van der Waals surface area contributed by atoms with Gasteiger partial charge in [0.2, 0.25) is 0 Å². The van der Waals surface area contributed by atoms with Gasteiger partial charge in [-0.1, -0.05) is 19.8 Å². The molecule has 0 spiro atoms. The van der Waals surface area contributed by atoms with Crippen molar-refractivity contribution in [2.24, 2.45) is 0 Å². The molecular weight excluding hydrogens is 175 g/mol. The minimum Gasteiger partial charge on any atom is -1.00 e. The molecule has 3 N–H and O–H groups in total. The third kappa shape index (κ3) is 14.0. The van der Waals surface area contributed by atoms with E-state index in [-0.39, 0.29) is 37.6 Å². The van der Waals surface area contributed by atoms with Crippen molar-refractivity contribution < 1.29 is 49.8 Å². The van der Waals surface area contributed by atoms with Crippen LogP contribution in [0.3, 0.4) is 0 Å². The molecule has 0 aromatic carbocycles. The van der Waals surface area contributed by atoms with Crippen LogP contribution in [0.2, 0.25) is 0 Å². The van der Waals surface area contributed by atoms with E-state index in [0.29, 0.717) is 0 Å². The van der Waals surface area contributed by atoms with Gasteiger partial charge in [0.15, 0.2) is 0 Å². The Labute approximate surface area is 91.5 Å². The van der Waals surface area contributed by atoms with E-state index in [2.05, 4.69) is 4.43 Å². The van der Waals surface area contributed by atoms with Crippen molar-refractivity contribution >= 4 is 9.05 Å². The fourth-order valence-corrected chi connectivity index (χ4v) is 0.979. The van der Waals surface area contributed by atoms with Crippen LogP contribution in [0.25, 0.3) is 0 Å². The van der Waals surface area contributed by atoms with Crippen LogP contribution in [-0.2, 0) is 4.43 Å². The summed E-state index contributed by atoms with van der Waals surface area (Å²) in [6, 6.07) is 0. The Morgan fingerprint density at radius 2 is 1.82 bits per heavy atom. The number of unbranched alkanes of at least 4 members (excludes halogenated alkanes) is 2. The van der Waals surface area contributed by atoms with Gasteiger partial charge in [-0.05, 0) is 6.42 Å². The van der Waals surface area contributed by atoms with Crippen LogP contribution in [0.1, 0.15) is 27.6 Å². The maximum atomic E-state index is 8.34. The van der Waals surface area contributed by atoms with Crippen LogP contribution in [0.5, 0.6) is 0 Å². The Hall–Kier alpha value is 1.06. The summed E-state index contributed by atoms with van der Waals surface area (Å²) < 4.78 is 4.34. The fraction of sp³-hybridized carbons (Fsp3) is 1.00. The van der Waals surface area contributed by atoms with E-state index in [9.17, 15) is 0 Å². The summed E-state index contributed by atoms with van der Waals surface area (Å²) in [5.74, 6) is 0. The van der Waals surface area contributed by atoms with E-state index >= 15 is 0 Å². The number of hydrogen-bond donors (Lipinski definition) is 3. The summed E-state index contributed by atoms with van der Waals surface area (Å²) in [6.45, 7) is 2.26. The minimum absolute atomic E-state index is 0. The summed E-state index contributed by atoms with van der Waals surface area (Å²) >= 11 is 0. The topological polar surface area (TPSA) is 69.9 Å². The first-order valence-electron chi connectivity index (χ1n) is 3.37. The molecule has 0 aliphatic carbocycles. The van der Waals surface area contributed by atoms with Gasteiger partial charge in [0.1, 0.15) is 0 Å². The quantitative estimate of drug-likeness (QED) is 0.314. The van der Waals surface area contributed by atoms with Gasteiger partial charge in [0, 0.05) is 6.61 Å². The standard InChI is InChI=1S/C5H14O4Si.Na.H/c1-2-3-4-5-9-10(6,7)8;;/h6-8H,2-5H2,1H3;;/q;+1;-1. The van der Waals surface area contributed by atoms with Crippen molar-refractivity contribution in [3.05, 3.63) is 0 Å². The van der Waals surface area contributed by atoms with Crippen LogP contribution in [0, 0.1) is 0 Å². The Kier molecular flexibility index (Phi) is 10.2. The van der Waals surface area contributed by atoms with E-state index in [1.54, 1.807) is 0 Å². The number of hydrogen-bond acceptors (Lipinski definition) is 4. The molecule has 0 unspecified atom stereocenters.